The second-order valence-electron chi connectivity index (χ2n) is 5.84. The molecule has 0 aliphatic carbocycles. The van der Waals surface area contributed by atoms with E-state index in [0.29, 0.717) is 13.1 Å². The lowest BCUT2D eigenvalue weighted by Crippen LogP contribution is -2.10. The van der Waals surface area contributed by atoms with Crippen molar-refractivity contribution in [3.63, 3.8) is 0 Å². The maximum absolute atomic E-state index is 9.34. The van der Waals surface area contributed by atoms with Crippen molar-refractivity contribution in [2.24, 2.45) is 0 Å². The molecule has 2 aromatic carbocycles. The van der Waals surface area contributed by atoms with Crippen LogP contribution in [-0.4, -0.2) is 28.6 Å². The molecule has 0 bridgehead atoms. The molecule has 1 aromatic heterocycles. The van der Waals surface area contributed by atoms with Crippen LogP contribution in [0.5, 0.6) is 5.75 Å². The Morgan fingerprint density at radius 2 is 1.88 bits per heavy atom. The number of aryl methyl sites for hydroxylation is 1. The molecular formula is C20H23N3O2. The topological polar surface area (TPSA) is 59.3 Å². The van der Waals surface area contributed by atoms with Crippen LogP contribution in [0.3, 0.4) is 0 Å². The highest BCUT2D eigenvalue weighted by Gasteiger charge is 2.11. The largest absolute Gasteiger partial charge is 0.496 e. The minimum Gasteiger partial charge on any atom is -0.496 e. The van der Waals surface area contributed by atoms with Crippen LogP contribution in [0, 0.1) is 6.92 Å². The van der Waals surface area contributed by atoms with Crippen LogP contribution in [0.15, 0.2) is 54.6 Å². The molecule has 3 aromatic rings. The van der Waals surface area contributed by atoms with Crippen molar-refractivity contribution < 1.29 is 9.84 Å². The van der Waals surface area contributed by atoms with Gasteiger partial charge in [0, 0.05) is 23.7 Å². The van der Waals surface area contributed by atoms with Crippen LogP contribution < -0.4 is 10.1 Å². The number of hydrogen-bond acceptors (Lipinski definition) is 4. The van der Waals surface area contributed by atoms with Gasteiger partial charge in [-0.3, -0.25) is 0 Å². The Labute approximate surface area is 147 Å². The van der Waals surface area contributed by atoms with Gasteiger partial charge in [0.2, 0.25) is 0 Å². The van der Waals surface area contributed by atoms with E-state index in [1.807, 2.05) is 42.5 Å². The normalized spacial score (nSPS) is 10.7. The van der Waals surface area contributed by atoms with Crippen molar-refractivity contribution in [2.45, 2.75) is 20.0 Å². The van der Waals surface area contributed by atoms with E-state index in [9.17, 15) is 5.11 Å². The number of methoxy groups -OCH3 is 1. The average molecular weight is 337 g/mol. The minimum atomic E-state index is 0.0399. The first kappa shape index (κ1) is 17.0. The van der Waals surface area contributed by atoms with Crippen molar-refractivity contribution in [3.8, 4) is 17.0 Å². The smallest absolute Gasteiger partial charge is 0.125 e. The third-order valence-corrected chi connectivity index (χ3v) is 4.17. The van der Waals surface area contributed by atoms with Gasteiger partial charge in [-0.25, -0.2) is 4.68 Å². The third kappa shape index (κ3) is 3.83. The first-order valence-electron chi connectivity index (χ1n) is 8.33. The van der Waals surface area contributed by atoms with Crippen molar-refractivity contribution in [2.75, 3.05) is 19.0 Å². The Hall–Kier alpha value is -2.79. The summed E-state index contributed by atoms with van der Waals surface area (Å²) in [5.74, 6) is 1.72. The van der Waals surface area contributed by atoms with Gasteiger partial charge >= 0.3 is 0 Å². The van der Waals surface area contributed by atoms with E-state index < -0.39 is 0 Å². The van der Waals surface area contributed by atoms with E-state index >= 15 is 0 Å². The quantitative estimate of drug-likeness (QED) is 0.693. The van der Waals surface area contributed by atoms with Crippen LogP contribution in [0.25, 0.3) is 11.3 Å². The average Bonchev–Trinajstić information content (AvgIpc) is 3.03. The van der Waals surface area contributed by atoms with Crippen molar-refractivity contribution in [1.82, 2.24) is 9.78 Å². The van der Waals surface area contributed by atoms with Gasteiger partial charge in [-0.2, -0.15) is 5.10 Å². The van der Waals surface area contributed by atoms with Crippen LogP contribution in [-0.2, 0) is 13.1 Å². The van der Waals surface area contributed by atoms with Crippen LogP contribution in [0.1, 0.15) is 11.1 Å². The summed E-state index contributed by atoms with van der Waals surface area (Å²) in [4.78, 5) is 0. The van der Waals surface area contributed by atoms with Crippen molar-refractivity contribution in [1.29, 1.82) is 0 Å². The van der Waals surface area contributed by atoms with Crippen molar-refractivity contribution in [3.05, 3.63) is 65.7 Å². The summed E-state index contributed by atoms with van der Waals surface area (Å²) >= 11 is 0. The number of aliphatic hydroxyl groups excluding tert-OH is 1. The van der Waals surface area contributed by atoms with E-state index in [4.69, 9.17) is 4.74 Å². The number of para-hydroxylation sites is 1. The number of nitrogens with zero attached hydrogens (tertiary/aromatic N) is 2. The van der Waals surface area contributed by atoms with Gasteiger partial charge in [-0.15, -0.1) is 0 Å². The molecule has 0 saturated carbocycles. The molecule has 0 spiro atoms. The zero-order valence-corrected chi connectivity index (χ0v) is 14.6. The first-order valence-corrected chi connectivity index (χ1v) is 8.33. The maximum Gasteiger partial charge on any atom is 0.125 e. The molecule has 5 heteroatoms. The summed E-state index contributed by atoms with van der Waals surface area (Å²) in [5.41, 5.74) is 4.24. The molecule has 25 heavy (non-hydrogen) atoms. The van der Waals surface area contributed by atoms with E-state index in [-0.39, 0.29) is 6.61 Å². The minimum absolute atomic E-state index is 0.0399. The second-order valence-corrected chi connectivity index (χ2v) is 5.84. The molecule has 0 atom stereocenters. The number of hydrogen-bond donors (Lipinski definition) is 2. The standard InChI is InChI=1S/C20H23N3O2/c1-15-7-3-5-9-17(15)18-13-20(23(22-18)11-12-24)21-14-16-8-4-6-10-19(16)25-2/h3-10,13,21,24H,11-12,14H2,1-2H3. The number of rotatable bonds is 7. The predicted octanol–water partition coefficient (Wildman–Crippen LogP) is 3.47. The van der Waals surface area contributed by atoms with Crippen molar-refractivity contribution >= 4 is 5.82 Å². The van der Waals surface area contributed by atoms with Gasteiger partial charge in [0.05, 0.1) is 26.0 Å². The zero-order valence-electron chi connectivity index (χ0n) is 14.6. The fourth-order valence-corrected chi connectivity index (χ4v) is 2.85. The Kier molecular flexibility index (Phi) is 5.36. The molecule has 0 aliphatic heterocycles. The lowest BCUT2D eigenvalue weighted by atomic mass is 10.1. The molecule has 0 saturated heterocycles. The number of ether oxygens (including phenoxy) is 1. The molecule has 0 aliphatic rings. The molecule has 0 amide bonds. The van der Waals surface area contributed by atoms with Crippen LogP contribution in [0.2, 0.25) is 0 Å². The summed E-state index contributed by atoms with van der Waals surface area (Å²) in [6, 6.07) is 18.1. The van der Waals surface area contributed by atoms with E-state index in [1.54, 1.807) is 11.8 Å². The predicted molar refractivity (Wildman–Crippen MR) is 99.8 cm³/mol. The molecule has 2 N–H and O–H groups in total. The third-order valence-electron chi connectivity index (χ3n) is 4.17. The van der Waals surface area contributed by atoms with Gasteiger partial charge in [0.15, 0.2) is 0 Å². The first-order chi connectivity index (χ1) is 12.2. The highest BCUT2D eigenvalue weighted by Crippen LogP contribution is 2.26. The summed E-state index contributed by atoms with van der Waals surface area (Å²) in [5, 5.41) is 17.4. The highest BCUT2D eigenvalue weighted by molar-refractivity contribution is 5.66. The lowest BCUT2D eigenvalue weighted by molar-refractivity contribution is 0.270. The van der Waals surface area contributed by atoms with Crippen LogP contribution >= 0.6 is 0 Å². The molecule has 130 valence electrons. The summed E-state index contributed by atoms with van der Waals surface area (Å²) in [7, 11) is 1.67. The summed E-state index contributed by atoms with van der Waals surface area (Å²) in [6.45, 7) is 3.18. The Bertz CT molecular complexity index is 842. The molecule has 3 rings (SSSR count). The van der Waals surface area contributed by atoms with Crippen LogP contribution in [0.4, 0.5) is 5.82 Å². The lowest BCUT2D eigenvalue weighted by Gasteiger charge is -2.11. The molecule has 1 heterocycles. The Morgan fingerprint density at radius 3 is 2.64 bits per heavy atom. The number of aliphatic hydroxyl groups is 1. The number of benzene rings is 2. The zero-order chi connectivity index (χ0) is 17.6. The van der Waals surface area contributed by atoms with Gasteiger partial charge in [0.25, 0.3) is 0 Å². The van der Waals surface area contributed by atoms with E-state index in [1.165, 1.54) is 5.56 Å². The molecule has 0 fully saturated rings. The van der Waals surface area contributed by atoms with Gasteiger partial charge in [-0.1, -0.05) is 42.5 Å². The molecule has 0 radical (unpaired) electrons. The van der Waals surface area contributed by atoms with Gasteiger partial charge in [-0.05, 0) is 18.6 Å². The SMILES string of the molecule is COc1ccccc1CNc1cc(-c2ccccc2C)nn1CCO. The number of anilines is 1. The van der Waals surface area contributed by atoms with Gasteiger partial charge < -0.3 is 15.2 Å². The second kappa shape index (κ2) is 7.85. The molecule has 0 unspecified atom stereocenters. The fraction of sp³-hybridized carbons (Fsp3) is 0.250. The Morgan fingerprint density at radius 1 is 1.12 bits per heavy atom. The molecule has 5 nitrogen and oxygen atoms in total. The highest BCUT2D eigenvalue weighted by atomic mass is 16.5. The summed E-state index contributed by atoms with van der Waals surface area (Å²) < 4.78 is 7.20. The van der Waals surface area contributed by atoms with E-state index in [0.717, 1.165) is 28.4 Å². The fourth-order valence-electron chi connectivity index (χ4n) is 2.85. The number of aromatic nitrogens is 2. The Balaban J connectivity index is 1.86. The maximum atomic E-state index is 9.34. The molecular weight excluding hydrogens is 314 g/mol. The number of nitrogens with one attached hydrogen (secondary N) is 1. The monoisotopic (exact) mass is 337 g/mol. The van der Waals surface area contributed by atoms with Gasteiger partial charge in [0.1, 0.15) is 11.6 Å². The summed E-state index contributed by atoms with van der Waals surface area (Å²) in [6.07, 6.45) is 0. The van der Waals surface area contributed by atoms with E-state index in [2.05, 4.69) is 29.5 Å².